The first-order chi connectivity index (χ1) is 12.0. The molecule has 0 unspecified atom stereocenters. The number of nitriles is 1. The van der Waals surface area contributed by atoms with Crippen LogP contribution in [0.4, 0.5) is 5.00 Å². The number of anilines is 1. The predicted molar refractivity (Wildman–Crippen MR) is 102 cm³/mol. The molecule has 0 radical (unpaired) electrons. The molecular formula is C20H30N3OS+. The van der Waals surface area contributed by atoms with Gasteiger partial charge < -0.3 is 10.2 Å². The molecule has 0 bridgehead atoms. The first-order valence-corrected chi connectivity index (χ1v) is 10.5. The van der Waals surface area contributed by atoms with Crippen LogP contribution in [0.5, 0.6) is 0 Å². The van der Waals surface area contributed by atoms with Crippen LogP contribution in [0.3, 0.4) is 0 Å². The number of amides is 1. The lowest BCUT2D eigenvalue weighted by atomic mass is 9.91. The topological polar surface area (TPSA) is 57.3 Å². The number of thiophene rings is 1. The molecule has 0 aromatic carbocycles. The molecule has 1 aliphatic heterocycles. The van der Waals surface area contributed by atoms with E-state index in [1.165, 1.54) is 34.6 Å². The van der Waals surface area contributed by atoms with Crippen LogP contribution in [0, 0.1) is 23.2 Å². The summed E-state index contributed by atoms with van der Waals surface area (Å²) in [6, 6.07) is 2.29. The van der Waals surface area contributed by atoms with Gasteiger partial charge in [0.25, 0.3) is 5.91 Å². The van der Waals surface area contributed by atoms with E-state index >= 15 is 0 Å². The Hall–Kier alpha value is -1.38. The fraction of sp³-hybridized carbons (Fsp3) is 0.700. The largest absolute Gasteiger partial charge is 0.324 e. The van der Waals surface area contributed by atoms with Gasteiger partial charge in [-0.2, -0.15) is 5.26 Å². The Bertz CT molecular complexity index is 665. The minimum absolute atomic E-state index is 0.0595. The van der Waals surface area contributed by atoms with Crippen LogP contribution in [0.25, 0.3) is 0 Å². The number of quaternary nitrogens is 1. The lowest BCUT2D eigenvalue weighted by Gasteiger charge is -2.35. The summed E-state index contributed by atoms with van der Waals surface area (Å²) in [5.74, 6) is 1.40. The molecule has 1 saturated heterocycles. The average molecular weight is 361 g/mol. The Balaban J connectivity index is 1.73. The Morgan fingerprint density at radius 3 is 2.60 bits per heavy atom. The number of carbonyl (C=O) groups excluding carboxylic acids is 1. The molecule has 25 heavy (non-hydrogen) atoms. The SMILES string of the molecule is C[C@@H]1C[C@@H](C)C[NH+]([C@@H](C)C(=O)Nc2sc3c(c2C#N)CCCCC3)C1. The van der Waals surface area contributed by atoms with E-state index in [0.29, 0.717) is 11.8 Å². The van der Waals surface area contributed by atoms with E-state index in [0.717, 1.165) is 42.9 Å². The van der Waals surface area contributed by atoms with Crippen molar-refractivity contribution in [1.82, 2.24) is 0 Å². The average Bonchev–Trinajstić information content (AvgIpc) is 2.73. The normalized spacial score (nSPS) is 27.7. The van der Waals surface area contributed by atoms with Crippen LogP contribution in [0.2, 0.25) is 0 Å². The maximum absolute atomic E-state index is 12.8. The lowest BCUT2D eigenvalue weighted by molar-refractivity contribution is -0.925. The van der Waals surface area contributed by atoms with Crippen molar-refractivity contribution in [2.24, 2.45) is 11.8 Å². The Labute approximate surface area is 155 Å². The van der Waals surface area contributed by atoms with Gasteiger partial charge in [0.15, 0.2) is 6.04 Å². The summed E-state index contributed by atoms with van der Waals surface area (Å²) < 4.78 is 0. The molecule has 1 fully saturated rings. The van der Waals surface area contributed by atoms with E-state index < -0.39 is 0 Å². The Morgan fingerprint density at radius 2 is 1.92 bits per heavy atom. The highest BCUT2D eigenvalue weighted by molar-refractivity contribution is 7.16. The maximum atomic E-state index is 12.8. The zero-order valence-electron chi connectivity index (χ0n) is 15.7. The van der Waals surface area contributed by atoms with Gasteiger partial charge in [-0.3, -0.25) is 4.79 Å². The van der Waals surface area contributed by atoms with Crippen LogP contribution < -0.4 is 10.2 Å². The Morgan fingerprint density at radius 1 is 1.24 bits per heavy atom. The third-order valence-electron chi connectivity index (χ3n) is 5.80. The Kier molecular flexibility index (Phi) is 5.81. The van der Waals surface area contributed by atoms with Crippen molar-refractivity contribution >= 4 is 22.2 Å². The smallest absolute Gasteiger partial charge is 0.283 e. The summed E-state index contributed by atoms with van der Waals surface area (Å²) >= 11 is 1.63. The maximum Gasteiger partial charge on any atom is 0.283 e. The lowest BCUT2D eigenvalue weighted by Crippen LogP contribution is -3.18. The minimum atomic E-state index is -0.0707. The summed E-state index contributed by atoms with van der Waals surface area (Å²) in [5, 5.41) is 13.5. The van der Waals surface area contributed by atoms with Crippen LogP contribution in [0.1, 0.15) is 62.5 Å². The number of nitrogens with one attached hydrogen (secondary N) is 2. The highest BCUT2D eigenvalue weighted by Gasteiger charge is 2.33. The molecule has 2 aliphatic rings. The van der Waals surface area contributed by atoms with Crippen LogP contribution >= 0.6 is 11.3 Å². The predicted octanol–water partition coefficient (Wildman–Crippen LogP) is 2.78. The van der Waals surface area contributed by atoms with Crippen molar-refractivity contribution in [3.8, 4) is 6.07 Å². The van der Waals surface area contributed by atoms with Crippen molar-refractivity contribution in [3.63, 3.8) is 0 Å². The molecule has 1 amide bonds. The van der Waals surface area contributed by atoms with Crippen LogP contribution in [0.15, 0.2) is 0 Å². The number of nitrogens with zero attached hydrogens (tertiary/aromatic N) is 1. The van der Waals surface area contributed by atoms with Crippen LogP contribution in [-0.4, -0.2) is 25.0 Å². The molecule has 1 aliphatic carbocycles. The molecule has 3 atom stereocenters. The summed E-state index contributed by atoms with van der Waals surface area (Å²) in [7, 11) is 0. The number of hydrogen-bond donors (Lipinski definition) is 2. The molecule has 4 nitrogen and oxygen atoms in total. The van der Waals surface area contributed by atoms with Crippen molar-refractivity contribution in [2.45, 2.75) is 65.3 Å². The van der Waals surface area contributed by atoms with Gasteiger partial charge in [0, 0.05) is 16.7 Å². The summed E-state index contributed by atoms with van der Waals surface area (Å²) in [6.07, 6.45) is 6.86. The minimum Gasteiger partial charge on any atom is -0.324 e. The van der Waals surface area contributed by atoms with Crippen molar-refractivity contribution in [3.05, 3.63) is 16.0 Å². The van der Waals surface area contributed by atoms with Crippen molar-refractivity contribution in [1.29, 1.82) is 5.26 Å². The summed E-state index contributed by atoms with van der Waals surface area (Å²) in [6.45, 7) is 8.71. The summed E-state index contributed by atoms with van der Waals surface area (Å²) in [5.41, 5.74) is 1.92. The highest BCUT2D eigenvalue weighted by atomic mass is 32.1. The number of rotatable bonds is 3. The van der Waals surface area contributed by atoms with E-state index in [1.54, 1.807) is 11.3 Å². The van der Waals surface area contributed by atoms with Crippen molar-refractivity contribution < 1.29 is 9.69 Å². The fourth-order valence-electron chi connectivity index (χ4n) is 4.54. The first-order valence-electron chi connectivity index (χ1n) is 9.69. The van der Waals surface area contributed by atoms with Crippen molar-refractivity contribution in [2.75, 3.05) is 18.4 Å². The van der Waals surface area contributed by atoms with E-state index in [1.807, 2.05) is 6.92 Å². The van der Waals surface area contributed by atoms with Gasteiger partial charge in [-0.15, -0.1) is 11.3 Å². The molecule has 5 heteroatoms. The van der Waals surface area contributed by atoms with E-state index in [2.05, 4.69) is 25.2 Å². The second-order valence-electron chi connectivity index (χ2n) is 8.10. The number of fused-ring (bicyclic) bond motifs is 1. The number of piperidine rings is 1. The number of likely N-dealkylation sites (tertiary alicyclic amines) is 1. The molecule has 1 aromatic rings. The van der Waals surface area contributed by atoms with Gasteiger partial charge >= 0.3 is 0 Å². The third-order valence-corrected chi connectivity index (χ3v) is 7.01. The molecule has 0 saturated carbocycles. The van der Waals surface area contributed by atoms with Gasteiger partial charge in [0.05, 0.1) is 18.7 Å². The molecule has 1 aromatic heterocycles. The molecular weight excluding hydrogens is 330 g/mol. The molecule has 136 valence electrons. The summed E-state index contributed by atoms with van der Waals surface area (Å²) in [4.78, 5) is 15.5. The zero-order chi connectivity index (χ0) is 18.0. The highest BCUT2D eigenvalue weighted by Crippen LogP contribution is 2.37. The second-order valence-corrected chi connectivity index (χ2v) is 9.21. The molecule has 3 rings (SSSR count). The van der Waals surface area contributed by atoms with Gasteiger partial charge in [-0.25, -0.2) is 0 Å². The first kappa shape index (κ1) is 18.4. The fourth-order valence-corrected chi connectivity index (χ4v) is 5.78. The van der Waals surface area contributed by atoms with Gasteiger partial charge in [-0.05, 0) is 44.6 Å². The van der Waals surface area contributed by atoms with E-state index in [-0.39, 0.29) is 11.9 Å². The van der Waals surface area contributed by atoms with Gasteiger partial charge in [0.2, 0.25) is 0 Å². The zero-order valence-corrected chi connectivity index (χ0v) is 16.5. The van der Waals surface area contributed by atoms with E-state index in [9.17, 15) is 10.1 Å². The second kappa shape index (κ2) is 7.88. The number of hydrogen-bond acceptors (Lipinski definition) is 3. The van der Waals surface area contributed by atoms with Crippen LogP contribution in [-0.2, 0) is 17.6 Å². The third kappa shape index (κ3) is 4.07. The molecule has 2 heterocycles. The quantitative estimate of drug-likeness (QED) is 0.815. The van der Waals surface area contributed by atoms with E-state index in [4.69, 9.17) is 0 Å². The standard InChI is InChI=1S/C20H29N3OS/c1-13-9-14(2)12-23(11-13)15(3)19(24)22-20-17(10-21)16-7-5-4-6-8-18(16)25-20/h13-15H,4-9,11-12H2,1-3H3,(H,22,24)/p+1/t13-,14-,15+/m1/s1. The molecule has 0 spiro atoms. The number of carbonyl (C=O) groups is 1. The van der Waals surface area contributed by atoms with Gasteiger partial charge in [0.1, 0.15) is 11.1 Å². The number of aryl methyl sites for hydroxylation is 1. The monoisotopic (exact) mass is 360 g/mol. The molecule has 2 N–H and O–H groups in total. The van der Waals surface area contributed by atoms with Gasteiger partial charge in [-0.1, -0.05) is 20.3 Å².